The lowest BCUT2D eigenvalue weighted by molar-refractivity contribution is -0.135. The Morgan fingerprint density at radius 1 is 0.781 bits per heavy atom. The Bertz CT molecular complexity index is 933. The lowest BCUT2D eigenvalue weighted by atomic mass is 10.1. The van der Waals surface area contributed by atoms with Crippen LogP contribution in [0.5, 0.6) is 0 Å². The molecule has 2 aliphatic heterocycles. The fraction of sp³-hybridized carbons (Fsp3) is 0.440. The van der Waals surface area contributed by atoms with Gasteiger partial charge in [0, 0.05) is 58.0 Å². The molecule has 0 unspecified atom stereocenters. The SMILES string of the molecule is Cc1ccccc1CC(=O)N1CCN(CC(=O)N2CCN(c3ccc(F)cc3)CC2)CC1. The average Bonchev–Trinajstić information content (AvgIpc) is 2.81. The Labute approximate surface area is 189 Å². The lowest BCUT2D eigenvalue weighted by Crippen LogP contribution is -2.54. The molecule has 2 aromatic rings. The van der Waals surface area contributed by atoms with E-state index in [4.69, 9.17) is 0 Å². The molecule has 2 saturated heterocycles. The molecule has 0 saturated carbocycles. The minimum Gasteiger partial charge on any atom is -0.368 e. The molecule has 2 aliphatic rings. The second-order valence-electron chi connectivity index (χ2n) is 8.60. The first-order valence-electron chi connectivity index (χ1n) is 11.3. The molecule has 0 bridgehead atoms. The molecule has 2 amide bonds. The van der Waals surface area contributed by atoms with Crippen molar-refractivity contribution in [1.82, 2.24) is 14.7 Å². The molecule has 2 fully saturated rings. The number of rotatable bonds is 5. The predicted octanol–water partition coefficient (Wildman–Crippen LogP) is 2.17. The van der Waals surface area contributed by atoms with Crippen LogP contribution in [0.25, 0.3) is 0 Å². The first-order valence-corrected chi connectivity index (χ1v) is 11.3. The molecule has 0 radical (unpaired) electrons. The molecule has 6 nitrogen and oxygen atoms in total. The van der Waals surface area contributed by atoms with E-state index >= 15 is 0 Å². The lowest BCUT2D eigenvalue weighted by Gasteiger charge is -2.38. The normalized spacial score (nSPS) is 17.5. The van der Waals surface area contributed by atoms with Crippen molar-refractivity contribution in [3.05, 3.63) is 65.5 Å². The minimum atomic E-state index is -0.237. The molecule has 2 heterocycles. The molecule has 0 N–H and O–H groups in total. The van der Waals surface area contributed by atoms with Crippen LogP contribution in [-0.4, -0.2) is 85.4 Å². The maximum absolute atomic E-state index is 13.1. The summed E-state index contributed by atoms with van der Waals surface area (Å²) in [6.45, 7) is 8.05. The summed E-state index contributed by atoms with van der Waals surface area (Å²) < 4.78 is 13.1. The Hall–Kier alpha value is -2.93. The number of piperazine rings is 2. The summed E-state index contributed by atoms with van der Waals surface area (Å²) in [7, 11) is 0. The molecule has 32 heavy (non-hydrogen) atoms. The highest BCUT2D eigenvalue weighted by Gasteiger charge is 2.26. The number of carbonyl (C=O) groups excluding carboxylic acids is 2. The number of anilines is 1. The van der Waals surface area contributed by atoms with Crippen molar-refractivity contribution in [3.63, 3.8) is 0 Å². The fourth-order valence-corrected chi connectivity index (χ4v) is 4.40. The number of nitrogens with zero attached hydrogens (tertiary/aromatic N) is 4. The summed E-state index contributed by atoms with van der Waals surface area (Å²) in [4.78, 5) is 33.6. The Morgan fingerprint density at radius 3 is 2.03 bits per heavy atom. The van der Waals surface area contributed by atoms with Gasteiger partial charge in [0.2, 0.25) is 11.8 Å². The molecule has 7 heteroatoms. The smallest absolute Gasteiger partial charge is 0.236 e. The molecule has 0 aromatic heterocycles. The third kappa shape index (κ3) is 5.46. The van der Waals surface area contributed by atoms with E-state index in [1.165, 1.54) is 12.1 Å². The third-order valence-corrected chi connectivity index (χ3v) is 6.51. The number of aryl methyl sites for hydroxylation is 1. The second kappa shape index (κ2) is 10.1. The van der Waals surface area contributed by atoms with E-state index in [2.05, 4.69) is 9.80 Å². The molecule has 2 aromatic carbocycles. The van der Waals surface area contributed by atoms with Crippen molar-refractivity contribution in [1.29, 1.82) is 0 Å². The zero-order valence-corrected chi connectivity index (χ0v) is 18.7. The number of carbonyl (C=O) groups is 2. The standard InChI is InChI=1S/C25H31FN4O2/c1-20-4-2-3-5-21(20)18-24(31)29-12-10-27(11-13-29)19-25(32)30-16-14-28(15-17-30)23-8-6-22(26)7-9-23/h2-9H,10-19H2,1H3. The van der Waals surface area contributed by atoms with Crippen molar-refractivity contribution < 1.29 is 14.0 Å². The zero-order chi connectivity index (χ0) is 22.5. The van der Waals surface area contributed by atoms with Crippen LogP contribution in [0.2, 0.25) is 0 Å². The summed E-state index contributed by atoms with van der Waals surface area (Å²) in [5.41, 5.74) is 3.21. The van der Waals surface area contributed by atoms with Gasteiger partial charge in [0.25, 0.3) is 0 Å². The van der Waals surface area contributed by atoms with E-state index in [1.54, 1.807) is 12.1 Å². The van der Waals surface area contributed by atoms with Crippen LogP contribution < -0.4 is 4.90 Å². The van der Waals surface area contributed by atoms with Crippen molar-refractivity contribution in [2.75, 3.05) is 63.8 Å². The second-order valence-corrected chi connectivity index (χ2v) is 8.60. The van der Waals surface area contributed by atoms with Gasteiger partial charge in [0.1, 0.15) is 5.82 Å². The van der Waals surface area contributed by atoms with Crippen molar-refractivity contribution in [2.45, 2.75) is 13.3 Å². The van der Waals surface area contributed by atoms with Crippen molar-refractivity contribution >= 4 is 17.5 Å². The van der Waals surface area contributed by atoms with Gasteiger partial charge in [-0.2, -0.15) is 0 Å². The van der Waals surface area contributed by atoms with Gasteiger partial charge in [0.15, 0.2) is 0 Å². The third-order valence-electron chi connectivity index (χ3n) is 6.51. The van der Waals surface area contributed by atoms with Gasteiger partial charge >= 0.3 is 0 Å². The first-order chi connectivity index (χ1) is 15.5. The van der Waals surface area contributed by atoms with Gasteiger partial charge in [-0.05, 0) is 42.3 Å². The molecule has 0 atom stereocenters. The highest BCUT2D eigenvalue weighted by molar-refractivity contribution is 5.80. The topological polar surface area (TPSA) is 47.1 Å². The summed E-state index contributed by atoms with van der Waals surface area (Å²) in [5.74, 6) is 0.0603. The Balaban J connectivity index is 1.20. The van der Waals surface area contributed by atoms with Gasteiger partial charge in [-0.1, -0.05) is 24.3 Å². The van der Waals surface area contributed by atoms with Gasteiger partial charge in [-0.3, -0.25) is 14.5 Å². The van der Waals surface area contributed by atoms with Gasteiger partial charge in [-0.15, -0.1) is 0 Å². The van der Waals surface area contributed by atoms with E-state index in [9.17, 15) is 14.0 Å². The largest absolute Gasteiger partial charge is 0.368 e. The summed E-state index contributed by atoms with van der Waals surface area (Å²) in [5, 5.41) is 0. The van der Waals surface area contributed by atoms with Crippen molar-refractivity contribution in [3.8, 4) is 0 Å². The fourth-order valence-electron chi connectivity index (χ4n) is 4.40. The summed E-state index contributed by atoms with van der Waals surface area (Å²) in [6, 6.07) is 14.5. The Kier molecular flexibility index (Phi) is 7.05. The van der Waals surface area contributed by atoms with Gasteiger partial charge in [-0.25, -0.2) is 4.39 Å². The van der Waals surface area contributed by atoms with Crippen LogP contribution >= 0.6 is 0 Å². The molecule has 170 valence electrons. The summed E-state index contributed by atoms with van der Waals surface area (Å²) >= 11 is 0. The molecular formula is C25H31FN4O2. The van der Waals surface area contributed by atoms with E-state index in [1.807, 2.05) is 41.0 Å². The van der Waals surface area contributed by atoms with Crippen LogP contribution in [0.15, 0.2) is 48.5 Å². The van der Waals surface area contributed by atoms with Gasteiger partial charge < -0.3 is 14.7 Å². The van der Waals surface area contributed by atoms with E-state index < -0.39 is 0 Å². The maximum atomic E-state index is 13.1. The van der Waals surface area contributed by atoms with Crippen LogP contribution in [0.3, 0.4) is 0 Å². The van der Waals surface area contributed by atoms with Crippen LogP contribution in [-0.2, 0) is 16.0 Å². The summed E-state index contributed by atoms with van der Waals surface area (Å²) in [6.07, 6.45) is 0.434. The number of hydrogen-bond acceptors (Lipinski definition) is 4. The highest BCUT2D eigenvalue weighted by atomic mass is 19.1. The number of amides is 2. The van der Waals surface area contributed by atoms with Crippen LogP contribution in [0.4, 0.5) is 10.1 Å². The monoisotopic (exact) mass is 438 g/mol. The van der Waals surface area contributed by atoms with Gasteiger partial charge in [0.05, 0.1) is 13.0 Å². The highest BCUT2D eigenvalue weighted by Crippen LogP contribution is 2.17. The molecule has 0 aliphatic carbocycles. The quantitative estimate of drug-likeness (QED) is 0.718. The first kappa shape index (κ1) is 22.3. The zero-order valence-electron chi connectivity index (χ0n) is 18.7. The van der Waals surface area contributed by atoms with E-state index in [0.717, 1.165) is 43.0 Å². The maximum Gasteiger partial charge on any atom is 0.236 e. The molecule has 0 spiro atoms. The predicted molar refractivity (Wildman–Crippen MR) is 123 cm³/mol. The van der Waals surface area contributed by atoms with Crippen molar-refractivity contribution in [2.24, 2.45) is 0 Å². The van der Waals surface area contributed by atoms with E-state index in [0.29, 0.717) is 39.1 Å². The minimum absolute atomic E-state index is 0.142. The Morgan fingerprint density at radius 2 is 1.38 bits per heavy atom. The van der Waals surface area contributed by atoms with Crippen LogP contribution in [0.1, 0.15) is 11.1 Å². The van der Waals surface area contributed by atoms with E-state index in [-0.39, 0.29) is 17.6 Å². The number of hydrogen-bond donors (Lipinski definition) is 0. The molecule has 4 rings (SSSR count). The number of benzene rings is 2. The average molecular weight is 439 g/mol. The molecular weight excluding hydrogens is 407 g/mol. The van der Waals surface area contributed by atoms with Crippen LogP contribution in [0, 0.1) is 12.7 Å². The number of halogens is 1.